The molecule has 0 aliphatic carbocycles. The lowest BCUT2D eigenvalue weighted by atomic mass is 9.80. The van der Waals surface area contributed by atoms with Gasteiger partial charge in [-0.1, -0.05) is 19.9 Å². The molecule has 2 aliphatic rings. The second-order valence-corrected chi connectivity index (χ2v) is 10.0. The molecule has 2 saturated heterocycles. The lowest BCUT2D eigenvalue weighted by Crippen LogP contribution is -2.43. The predicted octanol–water partition coefficient (Wildman–Crippen LogP) is 3.81. The monoisotopic (exact) mass is 492 g/mol. The van der Waals surface area contributed by atoms with Gasteiger partial charge in [0.15, 0.2) is 11.5 Å². The maximum Gasteiger partial charge on any atom is 0.407 e. The minimum atomic E-state index is -0.304. The number of benzene rings is 1. The largest absolute Gasteiger partial charge is 0.493 e. The van der Waals surface area contributed by atoms with Crippen molar-refractivity contribution < 1.29 is 28.5 Å². The van der Waals surface area contributed by atoms with Crippen LogP contribution in [0.1, 0.15) is 45.1 Å². The molecule has 0 spiro atoms. The number of rotatable bonds is 13. The van der Waals surface area contributed by atoms with Gasteiger partial charge in [0.1, 0.15) is 6.10 Å². The second kappa shape index (κ2) is 14.5. The zero-order chi connectivity index (χ0) is 25.0. The van der Waals surface area contributed by atoms with Crippen molar-refractivity contribution >= 4 is 6.09 Å². The molecule has 0 saturated carbocycles. The minimum Gasteiger partial charge on any atom is -0.493 e. The van der Waals surface area contributed by atoms with Gasteiger partial charge in [0, 0.05) is 52.1 Å². The highest BCUT2D eigenvalue weighted by atomic mass is 16.6. The molecular weight excluding hydrogens is 448 g/mol. The van der Waals surface area contributed by atoms with E-state index in [0.717, 1.165) is 56.7 Å². The Morgan fingerprint density at radius 3 is 2.66 bits per heavy atom. The first-order valence-corrected chi connectivity index (χ1v) is 13.0. The molecule has 35 heavy (non-hydrogen) atoms. The van der Waals surface area contributed by atoms with E-state index in [0.29, 0.717) is 44.2 Å². The number of amides is 1. The van der Waals surface area contributed by atoms with Crippen LogP contribution in [-0.2, 0) is 20.6 Å². The molecule has 1 amide bonds. The van der Waals surface area contributed by atoms with E-state index in [4.69, 9.17) is 23.7 Å². The number of hydrogen-bond donors (Lipinski definition) is 2. The van der Waals surface area contributed by atoms with Crippen LogP contribution in [0.5, 0.6) is 11.5 Å². The van der Waals surface area contributed by atoms with Crippen molar-refractivity contribution in [3.63, 3.8) is 0 Å². The fourth-order valence-corrected chi connectivity index (χ4v) is 4.91. The van der Waals surface area contributed by atoms with Crippen molar-refractivity contribution in [2.45, 2.75) is 58.1 Å². The zero-order valence-corrected chi connectivity index (χ0v) is 21.8. The quantitative estimate of drug-likeness (QED) is 0.405. The highest BCUT2D eigenvalue weighted by Gasteiger charge is 2.32. The predicted molar refractivity (Wildman–Crippen MR) is 135 cm³/mol. The van der Waals surface area contributed by atoms with Crippen LogP contribution in [0.25, 0.3) is 0 Å². The van der Waals surface area contributed by atoms with Crippen molar-refractivity contribution in [1.29, 1.82) is 0 Å². The van der Waals surface area contributed by atoms with E-state index in [9.17, 15) is 4.79 Å². The molecule has 8 nitrogen and oxygen atoms in total. The van der Waals surface area contributed by atoms with E-state index < -0.39 is 0 Å². The highest BCUT2D eigenvalue weighted by molar-refractivity contribution is 5.68. The van der Waals surface area contributed by atoms with Crippen LogP contribution in [-0.4, -0.2) is 72.0 Å². The number of nitrogens with one attached hydrogen (secondary N) is 2. The maximum absolute atomic E-state index is 12.5. The van der Waals surface area contributed by atoms with Crippen LogP contribution < -0.4 is 20.1 Å². The first-order valence-electron chi connectivity index (χ1n) is 13.0. The Hall–Kier alpha value is -2.03. The first kappa shape index (κ1) is 27.6. The summed E-state index contributed by atoms with van der Waals surface area (Å²) in [5, 5.41) is 6.59. The van der Waals surface area contributed by atoms with Gasteiger partial charge in [-0.15, -0.1) is 0 Å². The van der Waals surface area contributed by atoms with Crippen molar-refractivity contribution in [3.05, 3.63) is 23.8 Å². The number of carbonyl (C=O) groups excluding carboxylic acids is 1. The summed E-state index contributed by atoms with van der Waals surface area (Å²) in [6.45, 7) is 8.82. The summed E-state index contributed by atoms with van der Waals surface area (Å²) in [4.78, 5) is 12.5. The minimum absolute atomic E-state index is 0.0408. The molecule has 2 N–H and O–H groups in total. The molecule has 3 atom stereocenters. The smallest absolute Gasteiger partial charge is 0.407 e. The average Bonchev–Trinajstić information content (AvgIpc) is 3.28. The lowest BCUT2D eigenvalue weighted by Gasteiger charge is -2.28. The van der Waals surface area contributed by atoms with Gasteiger partial charge in [-0.2, -0.15) is 0 Å². The normalized spacial score (nSPS) is 21.6. The van der Waals surface area contributed by atoms with E-state index in [1.165, 1.54) is 5.56 Å². The van der Waals surface area contributed by atoms with Gasteiger partial charge in [-0.25, -0.2) is 4.79 Å². The maximum atomic E-state index is 12.5. The van der Waals surface area contributed by atoms with Gasteiger partial charge < -0.3 is 34.3 Å². The van der Waals surface area contributed by atoms with Crippen molar-refractivity contribution in [2.24, 2.45) is 17.8 Å². The standard InChI is InChI=1S/C27H44N2O6/c1-19(2)21(14-20-6-7-25(32-4)26(15-20)34-11-5-10-31-3)16-22-17-28-18-24(22)29-27(30)35-23-8-12-33-13-9-23/h6-7,15,19,21-24,28H,5,8-14,16-18H2,1-4H3,(H,29,30)/t21?,22-,24-/m1/s1. The topological polar surface area (TPSA) is 87.3 Å². The Balaban J connectivity index is 1.57. The Labute approximate surface area is 210 Å². The number of alkyl carbamates (subject to hydrolysis) is 1. The van der Waals surface area contributed by atoms with E-state index in [2.05, 4.69) is 36.6 Å². The molecule has 0 bridgehead atoms. The average molecular weight is 493 g/mol. The van der Waals surface area contributed by atoms with Gasteiger partial charge in [0.2, 0.25) is 0 Å². The summed E-state index contributed by atoms with van der Waals surface area (Å²) in [6, 6.07) is 6.31. The van der Waals surface area contributed by atoms with Gasteiger partial charge >= 0.3 is 6.09 Å². The molecule has 8 heteroatoms. The summed E-state index contributed by atoms with van der Waals surface area (Å²) in [7, 11) is 3.36. The van der Waals surface area contributed by atoms with Crippen molar-refractivity contribution in [3.8, 4) is 11.5 Å². The molecule has 0 radical (unpaired) electrons. The number of carbonyl (C=O) groups is 1. The van der Waals surface area contributed by atoms with Crippen LogP contribution in [0.15, 0.2) is 18.2 Å². The number of hydrogen-bond acceptors (Lipinski definition) is 7. The van der Waals surface area contributed by atoms with Crippen LogP contribution in [0.2, 0.25) is 0 Å². The fourth-order valence-electron chi connectivity index (χ4n) is 4.91. The molecular formula is C27H44N2O6. The van der Waals surface area contributed by atoms with Crippen LogP contribution in [0, 0.1) is 17.8 Å². The summed E-state index contributed by atoms with van der Waals surface area (Å²) >= 11 is 0. The molecule has 198 valence electrons. The van der Waals surface area contributed by atoms with E-state index >= 15 is 0 Å². The lowest BCUT2D eigenvalue weighted by molar-refractivity contribution is 0.000470. The number of ether oxygens (including phenoxy) is 5. The Morgan fingerprint density at radius 2 is 1.94 bits per heavy atom. The third-order valence-corrected chi connectivity index (χ3v) is 7.11. The van der Waals surface area contributed by atoms with Crippen LogP contribution in [0.4, 0.5) is 4.79 Å². The molecule has 2 aliphatic heterocycles. The van der Waals surface area contributed by atoms with Gasteiger partial charge in [0.05, 0.1) is 26.9 Å². The highest BCUT2D eigenvalue weighted by Crippen LogP contribution is 2.32. The van der Waals surface area contributed by atoms with E-state index in [-0.39, 0.29) is 18.2 Å². The third-order valence-electron chi connectivity index (χ3n) is 7.11. The van der Waals surface area contributed by atoms with Crippen molar-refractivity contribution in [1.82, 2.24) is 10.6 Å². The van der Waals surface area contributed by atoms with Gasteiger partial charge in [-0.05, 0) is 48.3 Å². The molecule has 2 fully saturated rings. The SMILES string of the molecule is COCCCOc1cc(CC(C[C@@H]2CNC[C@H]2NC(=O)OC2CCOCC2)C(C)C)ccc1OC. The molecule has 0 aromatic heterocycles. The van der Waals surface area contributed by atoms with Crippen molar-refractivity contribution in [2.75, 3.05) is 53.7 Å². The van der Waals surface area contributed by atoms with Gasteiger partial charge in [0.25, 0.3) is 0 Å². The molecule has 1 unspecified atom stereocenters. The summed E-state index contributed by atoms with van der Waals surface area (Å²) < 4.78 is 27.6. The Morgan fingerprint density at radius 1 is 1.14 bits per heavy atom. The molecule has 2 heterocycles. The zero-order valence-electron chi connectivity index (χ0n) is 21.8. The van der Waals surface area contributed by atoms with Gasteiger partial charge in [-0.3, -0.25) is 0 Å². The Bertz CT molecular complexity index is 768. The summed E-state index contributed by atoms with van der Waals surface area (Å²) in [6.07, 6.45) is 4.01. The summed E-state index contributed by atoms with van der Waals surface area (Å²) in [5.74, 6) is 2.89. The first-order chi connectivity index (χ1) is 17.0. The number of methoxy groups -OCH3 is 2. The van der Waals surface area contributed by atoms with E-state index in [1.807, 2.05) is 6.07 Å². The molecule has 1 aromatic carbocycles. The molecule has 3 rings (SSSR count). The second-order valence-electron chi connectivity index (χ2n) is 10.0. The Kier molecular flexibility index (Phi) is 11.4. The van der Waals surface area contributed by atoms with Crippen LogP contribution >= 0.6 is 0 Å². The summed E-state index contributed by atoms with van der Waals surface area (Å²) in [5.41, 5.74) is 1.24. The molecule has 1 aromatic rings. The van der Waals surface area contributed by atoms with E-state index in [1.54, 1.807) is 14.2 Å². The van der Waals surface area contributed by atoms with Crippen LogP contribution in [0.3, 0.4) is 0 Å². The third kappa shape index (κ3) is 8.85. The fraction of sp³-hybridized carbons (Fsp3) is 0.741.